The van der Waals surface area contributed by atoms with Crippen molar-refractivity contribution >= 4 is 5.97 Å². The molecule has 1 aliphatic heterocycles. The van der Waals surface area contributed by atoms with E-state index in [0.717, 1.165) is 25.0 Å². The van der Waals surface area contributed by atoms with E-state index in [1.54, 1.807) is 0 Å². The third-order valence-electron chi connectivity index (χ3n) is 6.26. The molecule has 0 amide bonds. The molecule has 20 heavy (non-hydrogen) atoms. The van der Waals surface area contributed by atoms with Crippen LogP contribution in [0.25, 0.3) is 0 Å². The SMILES string of the molecule is CCC(C)(C)C1CCC(N2CC(C(C)C(=O)O)C2)CC1. The summed E-state index contributed by atoms with van der Waals surface area (Å²) in [4.78, 5) is 13.5. The number of carboxylic acids is 1. The summed E-state index contributed by atoms with van der Waals surface area (Å²) in [5.41, 5.74) is 0.486. The lowest BCUT2D eigenvalue weighted by molar-refractivity contribution is -0.146. The Morgan fingerprint density at radius 2 is 1.80 bits per heavy atom. The Morgan fingerprint density at radius 1 is 1.25 bits per heavy atom. The second-order valence-corrected chi connectivity index (χ2v) is 7.69. The summed E-state index contributed by atoms with van der Waals surface area (Å²) < 4.78 is 0. The van der Waals surface area contributed by atoms with E-state index in [-0.39, 0.29) is 5.92 Å². The van der Waals surface area contributed by atoms with Gasteiger partial charge in [-0.1, -0.05) is 34.1 Å². The zero-order valence-corrected chi connectivity index (χ0v) is 13.6. The van der Waals surface area contributed by atoms with Crippen LogP contribution < -0.4 is 0 Å². The highest BCUT2D eigenvalue weighted by molar-refractivity contribution is 5.70. The second kappa shape index (κ2) is 6.05. The molecular weight excluding hydrogens is 250 g/mol. The first-order chi connectivity index (χ1) is 9.35. The fourth-order valence-corrected chi connectivity index (χ4v) is 3.88. The normalized spacial score (nSPS) is 30.8. The average Bonchev–Trinajstić information content (AvgIpc) is 2.37. The van der Waals surface area contributed by atoms with Gasteiger partial charge in [0.25, 0.3) is 0 Å². The Balaban J connectivity index is 1.75. The molecule has 116 valence electrons. The van der Waals surface area contributed by atoms with Gasteiger partial charge in [0.15, 0.2) is 0 Å². The van der Waals surface area contributed by atoms with Crippen LogP contribution in [0.4, 0.5) is 0 Å². The van der Waals surface area contributed by atoms with E-state index in [4.69, 9.17) is 5.11 Å². The van der Waals surface area contributed by atoms with E-state index >= 15 is 0 Å². The number of carbonyl (C=O) groups is 1. The number of hydrogen-bond acceptors (Lipinski definition) is 2. The molecule has 1 aliphatic carbocycles. The quantitative estimate of drug-likeness (QED) is 0.836. The number of hydrogen-bond donors (Lipinski definition) is 1. The third kappa shape index (κ3) is 3.19. The molecule has 1 heterocycles. The molecule has 1 N–H and O–H groups in total. The molecule has 0 radical (unpaired) electrons. The van der Waals surface area contributed by atoms with Crippen molar-refractivity contribution < 1.29 is 9.90 Å². The fraction of sp³-hybridized carbons (Fsp3) is 0.941. The zero-order chi connectivity index (χ0) is 14.9. The Bertz CT molecular complexity index is 339. The summed E-state index contributed by atoms with van der Waals surface area (Å²) in [6.07, 6.45) is 6.58. The molecule has 2 aliphatic rings. The molecule has 3 heteroatoms. The van der Waals surface area contributed by atoms with Gasteiger partial charge in [-0.15, -0.1) is 0 Å². The van der Waals surface area contributed by atoms with Crippen molar-refractivity contribution in [1.82, 2.24) is 4.90 Å². The predicted molar refractivity (Wildman–Crippen MR) is 81.7 cm³/mol. The highest BCUT2D eigenvalue weighted by Gasteiger charge is 2.40. The number of likely N-dealkylation sites (tertiary alicyclic amines) is 1. The first-order valence-corrected chi connectivity index (χ1v) is 8.32. The van der Waals surface area contributed by atoms with Crippen LogP contribution in [0.1, 0.15) is 59.8 Å². The van der Waals surface area contributed by atoms with Crippen LogP contribution in [-0.2, 0) is 4.79 Å². The van der Waals surface area contributed by atoms with Crippen LogP contribution in [0, 0.1) is 23.2 Å². The van der Waals surface area contributed by atoms with Crippen molar-refractivity contribution in [3.63, 3.8) is 0 Å². The first-order valence-electron chi connectivity index (χ1n) is 8.32. The highest BCUT2D eigenvalue weighted by atomic mass is 16.4. The second-order valence-electron chi connectivity index (χ2n) is 7.69. The van der Waals surface area contributed by atoms with E-state index in [1.807, 2.05) is 6.92 Å². The maximum absolute atomic E-state index is 11.0. The molecule has 1 unspecified atom stereocenters. The Kier molecular flexibility index (Phi) is 4.78. The van der Waals surface area contributed by atoms with Gasteiger partial charge >= 0.3 is 5.97 Å². The topological polar surface area (TPSA) is 40.5 Å². The van der Waals surface area contributed by atoms with Crippen molar-refractivity contribution in [2.45, 2.75) is 65.8 Å². The van der Waals surface area contributed by atoms with E-state index in [9.17, 15) is 4.79 Å². The first kappa shape index (κ1) is 15.8. The number of rotatable bonds is 5. The van der Waals surface area contributed by atoms with Gasteiger partial charge in [0, 0.05) is 19.1 Å². The molecule has 0 aromatic heterocycles. The lowest BCUT2D eigenvalue weighted by atomic mass is 9.68. The molecule has 3 nitrogen and oxygen atoms in total. The van der Waals surface area contributed by atoms with Crippen molar-refractivity contribution in [1.29, 1.82) is 0 Å². The van der Waals surface area contributed by atoms with Crippen LogP contribution >= 0.6 is 0 Å². The number of nitrogens with zero attached hydrogens (tertiary/aromatic N) is 1. The summed E-state index contributed by atoms with van der Waals surface area (Å²) in [6, 6.07) is 0.719. The van der Waals surface area contributed by atoms with Crippen LogP contribution in [0.2, 0.25) is 0 Å². The average molecular weight is 281 g/mol. The summed E-state index contributed by atoms with van der Waals surface area (Å²) in [5.74, 6) is 0.431. The van der Waals surface area contributed by atoms with Crippen LogP contribution in [-0.4, -0.2) is 35.1 Å². The fourth-order valence-electron chi connectivity index (χ4n) is 3.88. The maximum atomic E-state index is 11.0. The minimum atomic E-state index is -0.636. The van der Waals surface area contributed by atoms with E-state index in [0.29, 0.717) is 11.3 Å². The molecule has 0 spiro atoms. The molecule has 2 fully saturated rings. The monoisotopic (exact) mass is 281 g/mol. The highest BCUT2D eigenvalue weighted by Crippen LogP contribution is 2.42. The van der Waals surface area contributed by atoms with E-state index in [2.05, 4.69) is 25.7 Å². The van der Waals surface area contributed by atoms with Gasteiger partial charge in [-0.3, -0.25) is 9.69 Å². The summed E-state index contributed by atoms with van der Waals surface area (Å²) in [6.45, 7) is 11.0. The van der Waals surface area contributed by atoms with Gasteiger partial charge in [-0.05, 0) is 42.9 Å². The molecule has 2 rings (SSSR count). The molecule has 0 bridgehead atoms. The van der Waals surface area contributed by atoms with Crippen molar-refractivity contribution in [2.24, 2.45) is 23.2 Å². The number of carboxylic acid groups (broad SMARTS) is 1. The van der Waals surface area contributed by atoms with E-state index in [1.165, 1.54) is 32.1 Å². The molecule has 1 saturated heterocycles. The summed E-state index contributed by atoms with van der Waals surface area (Å²) in [5, 5.41) is 9.05. The molecule has 0 aromatic carbocycles. The minimum absolute atomic E-state index is 0.179. The smallest absolute Gasteiger partial charge is 0.306 e. The standard InChI is InChI=1S/C17H31NO2/c1-5-17(3,4)14-6-8-15(9-7-14)18-10-13(11-18)12(2)16(19)20/h12-15H,5-11H2,1-4H3,(H,19,20). The number of aliphatic carboxylic acids is 1. The minimum Gasteiger partial charge on any atom is -0.481 e. The van der Waals surface area contributed by atoms with Crippen molar-refractivity contribution in [2.75, 3.05) is 13.1 Å². The largest absolute Gasteiger partial charge is 0.481 e. The maximum Gasteiger partial charge on any atom is 0.306 e. The van der Waals surface area contributed by atoms with Crippen molar-refractivity contribution in [3.05, 3.63) is 0 Å². The summed E-state index contributed by atoms with van der Waals surface area (Å²) >= 11 is 0. The van der Waals surface area contributed by atoms with Gasteiger partial charge in [0.05, 0.1) is 5.92 Å². The lowest BCUT2D eigenvalue weighted by Gasteiger charge is -2.49. The molecule has 1 saturated carbocycles. The Hall–Kier alpha value is -0.570. The van der Waals surface area contributed by atoms with Gasteiger partial charge in [-0.25, -0.2) is 0 Å². The molecule has 1 atom stereocenters. The zero-order valence-electron chi connectivity index (χ0n) is 13.6. The van der Waals surface area contributed by atoms with Crippen LogP contribution in [0.5, 0.6) is 0 Å². The Labute approximate surface area is 123 Å². The molecular formula is C17H31NO2. The third-order valence-corrected chi connectivity index (χ3v) is 6.26. The van der Waals surface area contributed by atoms with Crippen LogP contribution in [0.15, 0.2) is 0 Å². The predicted octanol–water partition coefficient (Wildman–Crippen LogP) is 3.63. The van der Waals surface area contributed by atoms with Gasteiger partial charge in [-0.2, -0.15) is 0 Å². The Morgan fingerprint density at radius 3 is 2.25 bits per heavy atom. The van der Waals surface area contributed by atoms with Gasteiger partial charge < -0.3 is 5.11 Å². The van der Waals surface area contributed by atoms with Gasteiger partial charge in [0.2, 0.25) is 0 Å². The van der Waals surface area contributed by atoms with Crippen molar-refractivity contribution in [3.8, 4) is 0 Å². The van der Waals surface area contributed by atoms with E-state index < -0.39 is 5.97 Å². The summed E-state index contributed by atoms with van der Waals surface area (Å²) in [7, 11) is 0. The lowest BCUT2D eigenvalue weighted by Crippen LogP contribution is -2.56. The van der Waals surface area contributed by atoms with Gasteiger partial charge in [0.1, 0.15) is 0 Å². The molecule has 0 aromatic rings. The van der Waals surface area contributed by atoms with Crippen LogP contribution in [0.3, 0.4) is 0 Å².